The number of carbonyl (C=O) groups is 1. The highest BCUT2D eigenvalue weighted by Gasteiger charge is 2.27. The summed E-state index contributed by atoms with van der Waals surface area (Å²) in [6.07, 6.45) is 2.81. The van der Waals surface area contributed by atoms with E-state index in [-0.39, 0.29) is 11.9 Å². The van der Waals surface area contributed by atoms with Crippen LogP contribution in [0.1, 0.15) is 42.5 Å². The average molecular weight is 367 g/mol. The number of anilines is 1. The van der Waals surface area contributed by atoms with Gasteiger partial charge in [0.25, 0.3) is 5.91 Å². The van der Waals surface area contributed by atoms with E-state index in [1.54, 1.807) is 6.20 Å². The van der Waals surface area contributed by atoms with Crippen LogP contribution in [-0.2, 0) is 0 Å². The second-order valence-electron chi connectivity index (χ2n) is 6.80. The molecule has 134 valence electrons. The van der Waals surface area contributed by atoms with E-state index in [2.05, 4.69) is 27.2 Å². The second kappa shape index (κ2) is 6.99. The predicted molar refractivity (Wildman–Crippen MR) is 103 cm³/mol. The zero-order valence-corrected chi connectivity index (χ0v) is 15.7. The first kappa shape index (κ1) is 16.9. The highest BCUT2D eigenvalue weighted by Crippen LogP contribution is 2.27. The zero-order chi connectivity index (χ0) is 18.1. The number of likely N-dealkylation sites (tertiary alicyclic amines) is 1. The van der Waals surface area contributed by atoms with Crippen LogP contribution in [0.2, 0.25) is 0 Å². The number of thiophene rings is 1. The zero-order valence-electron chi connectivity index (χ0n) is 14.8. The van der Waals surface area contributed by atoms with Gasteiger partial charge in [-0.25, -0.2) is 9.97 Å². The first-order chi connectivity index (χ1) is 12.6. The molecule has 6 nitrogen and oxygen atoms in total. The van der Waals surface area contributed by atoms with E-state index < -0.39 is 0 Å². The van der Waals surface area contributed by atoms with Gasteiger partial charge in [0.05, 0.1) is 22.0 Å². The Kier molecular flexibility index (Phi) is 4.55. The molecule has 3 aromatic heterocycles. The van der Waals surface area contributed by atoms with Gasteiger partial charge in [-0.2, -0.15) is 0 Å². The first-order valence-electron chi connectivity index (χ1n) is 8.84. The van der Waals surface area contributed by atoms with Crippen LogP contribution in [0.3, 0.4) is 0 Å². The third kappa shape index (κ3) is 3.26. The van der Waals surface area contributed by atoms with E-state index in [1.165, 1.54) is 11.3 Å². The van der Waals surface area contributed by atoms with Crippen molar-refractivity contribution in [2.75, 3.05) is 18.4 Å². The van der Waals surface area contributed by atoms with Crippen molar-refractivity contribution >= 4 is 33.4 Å². The van der Waals surface area contributed by atoms with Gasteiger partial charge in [0.15, 0.2) is 5.69 Å². The van der Waals surface area contributed by atoms with Crippen LogP contribution in [0.25, 0.3) is 10.2 Å². The molecule has 4 heterocycles. The molecule has 0 bridgehead atoms. The molecule has 4 rings (SSSR count). The standard InChI is InChI=1S/C19H21N5OS/c1-12-6-9-24(11-12)18(25)16-17-15(7-10-26-17)22-19(23-16)21-13(2)14-5-3-4-8-20-14/h3-5,7-8,10,12-13H,6,9,11H2,1-2H3,(H,21,22,23)/t12-,13+/m1/s1. The molecule has 1 fully saturated rings. The number of amides is 1. The lowest BCUT2D eigenvalue weighted by molar-refractivity contribution is 0.0784. The third-order valence-electron chi connectivity index (χ3n) is 4.69. The first-order valence-corrected chi connectivity index (χ1v) is 9.72. The summed E-state index contributed by atoms with van der Waals surface area (Å²) in [5.41, 5.74) is 2.20. The van der Waals surface area contributed by atoms with Crippen LogP contribution in [0.4, 0.5) is 5.95 Å². The van der Waals surface area contributed by atoms with Crippen molar-refractivity contribution in [3.8, 4) is 0 Å². The minimum atomic E-state index is -0.0537. The number of aromatic nitrogens is 3. The van der Waals surface area contributed by atoms with E-state index >= 15 is 0 Å². The Morgan fingerprint density at radius 1 is 1.35 bits per heavy atom. The van der Waals surface area contributed by atoms with Gasteiger partial charge < -0.3 is 10.2 Å². The Bertz CT molecular complexity index is 926. The molecule has 1 saturated heterocycles. The largest absolute Gasteiger partial charge is 0.346 e. The topological polar surface area (TPSA) is 71.0 Å². The van der Waals surface area contributed by atoms with Crippen molar-refractivity contribution in [3.63, 3.8) is 0 Å². The molecule has 0 radical (unpaired) electrons. The average Bonchev–Trinajstić information content (AvgIpc) is 3.30. The molecule has 7 heteroatoms. The minimum absolute atomic E-state index is 0.00209. The number of carbonyl (C=O) groups excluding carboxylic acids is 1. The summed E-state index contributed by atoms with van der Waals surface area (Å²) in [5, 5.41) is 5.24. The summed E-state index contributed by atoms with van der Waals surface area (Å²) < 4.78 is 0.852. The van der Waals surface area contributed by atoms with Gasteiger partial charge in [0, 0.05) is 19.3 Å². The monoisotopic (exact) mass is 367 g/mol. The highest BCUT2D eigenvalue weighted by molar-refractivity contribution is 7.17. The number of fused-ring (bicyclic) bond motifs is 1. The summed E-state index contributed by atoms with van der Waals surface area (Å²) in [4.78, 5) is 28.4. The second-order valence-corrected chi connectivity index (χ2v) is 7.71. The van der Waals surface area contributed by atoms with Crippen LogP contribution in [-0.4, -0.2) is 38.8 Å². The van der Waals surface area contributed by atoms with Gasteiger partial charge in [-0.1, -0.05) is 13.0 Å². The van der Waals surface area contributed by atoms with Gasteiger partial charge in [-0.15, -0.1) is 11.3 Å². The molecule has 1 aliphatic heterocycles. The molecule has 26 heavy (non-hydrogen) atoms. The summed E-state index contributed by atoms with van der Waals surface area (Å²) in [5.74, 6) is 1.00. The predicted octanol–water partition coefficient (Wildman–Crippen LogP) is 3.74. The SMILES string of the molecule is C[C@@H]1CCN(C(=O)c2nc(N[C@@H](C)c3ccccn3)nc3ccsc23)C1. The number of rotatable bonds is 4. The van der Waals surface area contributed by atoms with E-state index in [0.29, 0.717) is 17.6 Å². The van der Waals surface area contributed by atoms with Crippen LogP contribution in [0.15, 0.2) is 35.8 Å². The quantitative estimate of drug-likeness (QED) is 0.760. The lowest BCUT2D eigenvalue weighted by atomic mass is 10.2. The van der Waals surface area contributed by atoms with Crippen molar-refractivity contribution in [3.05, 3.63) is 47.2 Å². The molecule has 0 unspecified atom stereocenters. The number of hydrogen-bond donors (Lipinski definition) is 1. The number of nitrogens with zero attached hydrogens (tertiary/aromatic N) is 4. The van der Waals surface area contributed by atoms with Crippen LogP contribution in [0.5, 0.6) is 0 Å². The van der Waals surface area contributed by atoms with E-state index in [9.17, 15) is 4.79 Å². The summed E-state index contributed by atoms with van der Waals surface area (Å²) in [7, 11) is 0. The van der Waals surface area contributed by atoms with Crippen molar-refractivity contribution in [2.24, 2.45) is 5.92 Å². The molecular formula is C19H21N5OS. The minimum Gasteiger partial charge on any atom is -0.346 e. The van der Waals surface area contributed by atoms with Gasteiger partial charge in [-0.05, 0) is 42.8 Å². The molecule has 0 spiro atoms. The highest BCUT2D eigenvalue weighted by atomic mass is 32.1. The van der Waals surface area contributed by atoms with Crippen molar-refractivity contribution in [1.82, 2.24) is 19.9 Å². The number of nitrogens with one attached hydrogen (secondary N) is 1. The molecule has 1 aliphatic rings. The Morgan fingerprint density at radius 3 is 2.96 bits per heavy atom. The lowest BCUT2D eigenvalue weighted by Gasteiger charge is -2.17. The van der Waals surface area contributed by atoms with Crippen LogP contribution < -0.4 is 5.32 Å². The number of hydrogen-bond acceptors (Lipinski definition) is 6. The van der Waals surface area contributed by atoms with Gasteiger partial charge >= 0.3 is 0 Å². The molecule has 3 aromatic rings. The maximum atomic E-state index is 13.0. The lowest BCUT2D eigenvalue weighted by Crippen LogP contribution is -2.29. The molecule has 2 atom stereocenters. The Morgan fingerprint density at radius 2 is 2.23 bits per heavy atom. The summed E-state index contributed by atoms with van der Waals surface area (Å²) in [6, 6.07) is 7.67. The van der Waals surface area contributed by atoms with E-state index in [4.69, 9.17) is 0 Å². The van der Waals surface area contributed by atoms with Crippen molar-refractivity contribution < 1.29 is 4.79 Å². The van der Waals surface area contributed by atoms with Crippen molar-refractivity contribution in [1.29, 1.82) is 0 Å². The smallest absolute Gasteiger partial charge is 0.274 e. The maximum absolute atomic E-state index is 13.0. The fourth-order valence-electron chi connectivity index (χ4n) is 3.24. The van der Waals surface area contributed by atoms with Crippen LogP contribution >= 0.6 is 11.3 Å². The molecule has 1 amide bonds. The van der Waals surface area contributed by atoms with Crippen LogP contribution in [0, 0.1) is 5.92 Å². The maximum Gasteiger partial charge on any atom is 0.274 e. The van der Waals surface area contributed by atoms with E-state index in [0.717, 1.165) is 35.4 Å². The van der Waals surface area contributed by atoms with Gasteiger partial charge in [0.2, 0.25) is 5.95 Å². The van der Waals surface area contributed by atoms with Gasteiger partial charge in [0.1, 0.15) is 0 Å². The molecule has 0 aliphatic carbocycles. The fraction of sp³-hybridized carbons (Fsp3) is 0.368. The Labute approximate surface area is 156 Å². The summed E-state index contributed by atoms with van der Waals surface area (Å²) in [6.45, 7) is 5.77. The van der Waals surface area contributed by atoms with Crippen molar-refractivity contribution in [2.45, 2.75) is 26.3 Å². The summed E-state index contributed by atoms with van der Waals surface area (Å²) >= 11 is 1.51. The Hall–Kier alpha value is -2.54. The van der Waals surface area contributed by atoms with E-state index in [1.807, 2.05) is 41.5 Å². The molecular weight excluding hydrogens is 346 g/mol. The molecule has 0 aromatic carbocycles. The number of pyridine rings is 1. The molecule has 0 saturated carbocycles. The third-order valence-corrected chi connectivity index (χ3v) is 5.60. The Balaban J connectivity index is 1.65. The fourth-order valence-corrected chi connectivity index (χ4v) is 4.05. The normalized spacial score (nSPS) is 18.2. The van der Waals surface area contributed by atoms with Gasteiger partial charge in [-0.3, -0.25) is 9.78 Å². The molecule has 1 N–H and O–H groups in total.